The van der Waals surface area contributed by atoms with Gasteiger partial charge in [-0.05, 0) is 49.3 Å². The molecular formula is C19H24Cl2O3. The molecule has 3 nitrogen and oxygen atoms in total. The van der Waals surface area contributed by atoms with Crippen molar-refractivity contribution in [2.24, 2.45) is 5.92 Å². The lowest BCUT2D eigenvalue weighted by Gasteiger charge is -2.37. The van der Waals surface area contributed by atoms with Gasteiger partial charge < -0.3 is 9.47 Å². The van der Waals surface area contributed by atoms with Crippen molar-refractivity contribution >= 4 is 29.2 Å². The van der Waals surface area contributed by atoms with E-state index in [2.05, 4.69) is 6.92 Å². The van der Waals surface area contributed by atoms with Gasteiger partial charge in [-0.1, -0.05) is 42.6 Å². The molecule has 0 saturated carbocycles. The van der Waals surface area contributed by atoms with Gasteiger partial charge in [0.25, 0.3) is 0 Å². The van der Waals surface area contributed by atoms with Crippen molar-refractivity contribution in [2.45, 2.75) is 63.6 Å². The number of unbranched alkanes of at least 4 members (excludes halogenated alkanes) is 1. The number of carbonyl (C=O) groups excluding carboxylic acids is 1. The van der Waals surface area contributed by atoms with E-state index >= 15 is 0 Å². The maximum atomic E-state index is 11.9. The van der Waals surface area contributed by atoms with Gasteiger partial charge in [0.2, 0.25) is 0 Å². The van der Waals surface area contributed by atoms with Crippen LogP contribution in [0.4, 0.5) is 0 Å². The summed E-state index contributed by atoms with van der Waals surface area (Å²) in [6.45, 7) is 2.49. The second kappa shape index (κ2) is 8.07. The Bertz CT molecular complexity index is 590. The first-order valence-corrected chi connectivity index (χ1v) is 9.60. The van der Waals surface area contributed by atoms with Crippen LogP contribution in [-0.4, -0.2) is 24.8 Å². The minimum atomic E-state index is -0.107. The molecule has 2 bridgehead atoms. The van der Waals surface area contributed by atoms with Gasteiger partial charge in [-0.25, -0.2) is 0 Å². The number of hydrogen-bond donors (Lipinski definition) is 0. The van der Waals surface area contributed by atoms with Crippen molar-refractivity contribution in [3.8, 4) is 0 Å². The summed E-state index contributed by atoms with van der Waals surface area (Å²) in [5.74, 6) is 0.376. The molecule has 0 N–H and O–H groups in total. The second-order valence-corrected chi connectivity index (χ2v) is 7.65. The van der Waals surface area contributed by atoms with Gasteiger partial charge >= 0.3 is 5.97 Å². The highest BCUT2D eigenvalue weighted by Crippen LogP contribution is 2.46. The Hall–Kier alpha value is -0.770. The quantitative estimate of drug-likeness (QED) is 0.630. The van der Waals surface area contributed by atoms with E-state index in [1.165, 1.54) is 5.56 Å². The van der Waals surface area contributed by atoms with E-state index in [0.29, 0.717) is 35.1 Å². The van der Waals surface area contributed by atoms with Gasteiger partial charge in [-0.2, -0.15) is 0 Å². The normalized spacial score (nSPS) is 28.8. The average Bonchev–Trinajstić information content (AvgIpc) is 2.96. The molecule has 2 saturated heterocycles. The van der Waals surface area contributed by atoms with E-state index in [0.717, 1.165) is 32.1 Å². The van der Waals surface area contributed by atoms with Crippen molar-refractivity contribution in [3.63, 3.8) is 0 Å². The fourth-order valence-corrected chi connectivity index (χ4v) is 4.18. The molecule has 4 atom stereocenters. The zero-order valence-corrected chi connectivity index (χ0v) is 15.5. The molecule has 24 heavy (non-hydrogen) atoms. The molecular weight excluding hydrogens is 347 g/mol. The summed E-state index contributed by atoms with van der Waals surface area (Å²) >= 11 is 12.3. The van der Waals surface area contributed by atoms with Crippen molar-refractivity contribution in [1.82, 2.24) is 0 Å². The van der Waals surface area contributed by atoms with E-state index in [1.807, 2.05) is 18.2 Å². The SMILES string of the molecule is CCCCC(=O)OC[C@@H]1C2CCC(C[C@H]1c1ccc(Cl)c(Cl)c1)O2. The molecule has 2 aliphatic rings. The lowest BCUT2D eigenvalue weighted by Crippen LogP contribution is -2.37. The molecule has 0 spiro atoms. The first-order chi connectivity index (χ1) is 11.6. The molecule has 3 rings (SSSR count). The number of fused-ring (bicyclic) bond motifs is 2. The van der Waals surface area contributed by atoms with Gasteiger partial charge in [-0.3, -0.25) is 4.79 Å². The molecule has 1 aromatic rings. The topological polar surface area (TPSA) is 35.5 Å². The molecule has 0 aliphatic carbocycles. The number of esters is 1. The van der Waals surface area contributed by atoms with Gasteiger partial charge in [0.05, 0.1) is 28.9 Å². The lowest BCUT2D eigenvalue weighted by molar-refractivity contribution is -0.149. The fraction of sp³-hybridized carbons (Fsp3) is 0.632. The summed E-state index contributed by atoms with van der Waals surface area (Å²) in [6.07, 6.45) is 5.92. The Kier molecular flexibility index (Phi) is 6.07. The average molecular weight is 371 g/mol. The number of halogens is 2. The van der Waals surface area contributed by atoms with Crippen molar-refractivity contribution in [3.05, 3.63) is 33.8 Å². The van der Waals surface area contributed by atoms with Crippen LogP contribution < -0.4 is 0 Å². The standard InChI is InChI=1S/C19H24Cl2O3/c1-2-3-4-19(22)23-11-15-14(10-13-6-8-18(15)24-13)12-5-7-16(20)17(21)9-12/h5,7,9,13-15,18H,2-4,6,8,10-11H2,1H3/t13?,14-,15-,18?/m0/s1. The van der Waals surface area contributed by atoms with Gasteiger partial charge in [0, 0.05) is 12.3 Å². The zero-order valence-electron chi connectivity index (χ0n) is 14.0. The predicted octanol–water partition coefficient (Wildman–Crippen LogP) is 5.38. The Morgan fingerprint density at radius 2 is 2.12 bits per heavy atom. The van der Waals surface area contributed by atoms with Gasteiger partial charge in [-0.15, -0.1) is 0 Å². The molecule has 1 aromatic carbocycles. The van der Waals surface area contributed by atoms with Crippen LogP contribution in [0.15, 0.2) is 18.2 Å². The predicted molar refractivity (Wildman–Crippen MR) is 95.7 cm³/mol. The van der Waals surface area contributed by atoms with Crippen LogP contribution in [0.5, 0.6) is 0 Å². The molecule has 2 aliphatic heterocycles. The Balaban J connectivity index is 1.72. The van der Waals surface area contributed by atoms with E-state index in [1.54, 1.807) is 0 Å². The van der Waals surface area contributed by atoms with Crippen molar-refractivity contribution in [2.75, 3.05) is 6.61 Å². The van der Waals surface area contributed by atoms with E-state index in [9.17, 15) is 4.79 Å². The highest BCUT2D eigenvalue weighted by atomic mass is 35.5. The molecule has 5 heteroatoms. The van der Waals surface area contributed by atoms with E-state index in [4.69, 9.17) is 32.7 Å². The summed E-state index contributed by atoms with van der Waals surface area (Å²) in [5.41, 5.74) is 1.17. The molecule has 0 radical (unpaired) electrons. The Labute approximate surface area is 153 Å². The van der Waals surface area contributed by atoms with E-state index in [-0.39, 0.29) is 18.0 Å². The number of ether oxygens (including phenoxy) is 2. The van der Waals surface area contributed by atoms with Crippen LogP contribution in [-0.2, 0) is 14.3 Å². The third-order valence-electron chi connectivity index (χ3n) is 5.19. The molecule has 0 aromatic heterocycles. The van der Waals surface area contributed by atoms with Crippen LogP contribution in [0.2, 0.25) is 10.0 Å². The number of hydrogen-bond acceptors (Lipinski definition) is 3. The molecule has 0 amide bonds. The van der Waals surface area contributed by atoms with Gasteiger partial charge in [0.15, 0.2) is 0 Å². The highest BCUT2D eigenvalue weighted by molar-refractivity contribution is 6.42. The number of carbonyl (C=O) groups is 1. The third kappa shape index (κ3) is 4.07. The van der Waals surface area contributed by atoms with Crippen LogP contribution >= 0.6 is 23.2 Å². The van der Waals surface area contributed by atoms with Crippen LogP contribution in [0.1, 0.15) is 56.9 Å². The molecule has 132 valence electrons. The second-order valence-electron chi connectivity index (χ2n) is 6.84. The smallest absolute Gasteiger partial charge is 0.305 e. The van der Waals surface area contributed by atoms with Crippen molar-refractivity contribution < 1.29 is 14.3 Å². The largest absolute Gasteiger partial charge is 0.465 e. The third-order valence-corrected chi connectivity index (χ3v) is 5.93. The molecule has 2 heterocycles. The van der Waals surface area contributed by atoms with Crippen LogP contribution in [0.25, 0.3) is 0 Å². The first kappa shape index (κ1) is 18.0. The van der Waals surface area contributed by atoms with E-state index < -0.39 is 0 Å². The minimum Gasteiger partial charge on any atom is -0.465 e. The first-order valence-electron chi connectivity index (χ1n) is 8.84. The summed E-state index contributed by atoms with van der Waals surface area (Å²) in [4.78, 5) is 11.9. The fourth-order valence-electron chi connectivity index (χ4n) is 3.87. The summed E-state index contributed by atoms with van der Waals surface area (Å²) < 4.78 is 11.6. The van der Waals surface area contributed by atoms with Crippen molar-refractivity contribution in [1.29, 1.82) is 0 Å². The minimum absolute atomic E-state index is 0.107. The van der Waals surface area contributed by atoms with Gasteiger partial charge in [0.1, 0.15) is 0 Å². The number of benzene rings is 1. The number of rotatable bonds is 6. The molecule has 2 unspecified atom stereocenters. The zero-order chi connectivity index (χ0) is 17.1. The Morgan fingerprint density at radius 1 is 1.29 bits per heavy atom. The molecule has 2 fully saturated rings. The maximum Gasteiger partial charge on any atom is 0.305 e. The maximum absolute atomic E-state index is 11.9. The Morgan fingerprint density at radius 3 is 2.88 bits per heavy atom. The van der Waals surface area contributed by atoms with Crippen LogP contribution in [0.3, 0.4) is 0 Å². The summed E-state index contributed by atoms with van der Waals surface area (Å²) in [5, 5.41) is 1.14. The van der Waals surface area contributed by atoms with Crippen LogP contribution in [0, 0.1) is 5.92 Å². The summed E-state index contributed by atoms with van der Waals surface area (Å²) in [6, 6.07) is 5.83. The monoisotopic (exact) mass is 370 g/mol. The summed E-state index contributed by atoms with van der Waals surface area (Å²) in [7, 11) is 0. The lowest BCUT2D eigenvalue weighted by atomic mass is 9.79. The highest BCUT2D eigenvalue weighted by Gasteiger charge is 2.44.